The van der Waals surface area contributed by atoms with Crippen LogP contribution in [0.5, 0.6) is 0 Å². The Balaban J connectivity index is 1.36. The molecule has 0 aliphatic carbocycles. The fourth-order valence-corrected chi connectivity index (χ4v) is 3.61. The Morgan fingerprint density at radius 2 is 2.15 bits per heavy atom. The maximum atomic E-state index is 12.4. The van der Waals surface area contributed by atoms with Gasteiger partial charge in [-0.1, -0.05) is 6.07 Å². The third-order valence-electron chi connectivity index (χ3n) is 4.95. The summed E-state index contributed by atoms with van der Waals surface area (Å²) in [5, 5.41) is 8.49. The minimum Gasteiger partial charge on any atom is -0.368 e. The predicted octanol–water partition coefficient (Wildman–Crippen LogP) is 2.21. The molecule has 4 rings (SSSR count). The molecule has 1 aromatic carbocycles. The topological polar surface area (TPSA) is 63.1 Å². The van der Waals surface area contributed by atoms with Gasteiger partial charge in [-0.2, -0.15) is 5.10 Å². The SMILES string of the molecule is Cc1cncc(N2CC[C@@H](NC(=O)Cc3ccc4c(cnn4C)c3)C2)c1. The lowest BCUT2D eigenvalue weighted by Gasteiger charge is -2.19. The second-order valence-electron chi connectivity index (χ2n) is 7.06. The lowest BCUT2D eigenvalue weighted by molar-refractivity contribution is -0.121. The molecule has 0 radical (unpaired) electrons. The second kappa shape index (κ2) is 6.78. The third kappa shape index (κ3) is 3.40. The van der Waals surface area contributed by atoms with Gasteiger partial charge in [0.05, 0.1) is 30.0 Å². The summed E-state index contributed by atoms with van der Waals surface area (Å²) in [6.07, 6.45) is 6.94. The Bertz CT molecular complexity index is 948. The van der Waals surface area contributed by atoms with Gasteiger partial charge in [0, 0.05) is 37.8 Å². The normalized spacial score (nSPS) is 17.0. The zero-order chi connectivity index (χ0) is 18.1. The summed E-state index contributed by atoms with van der Waals surface area (Å²) in [7, 11) is 1.92. The van der Waals surface area contributed by atoms with Crippen LogP contribution in [0.2, 0.25) is 0 Å². The molecule has 6 heteroatoms. The summed E-state index contributed by atoms with van der Waals surface area (Å²) in [5.41, 5.74) is 4.37. The van der Waals surface area contributed by atoms with Crippen molar-refractivity contribution >= 4 is 22.5 Å². The van der Waals surface area contributed by atoms with Crippen LogP contribution in [0, 0.1) is 6.92 Å². The number of benzene rings is 1. The number of hydrogen-bond donors (Lipinski definition) is 1. The van der Waals surface area contributed by atoms with E-state index in [4.69, 9.17) is 0 Å². The smallest absolute Gasteiger partial charge is 0.224 e. The number of aromatic nitrogens is 3. The molecule has 134 valence electrons. The molecule has 2 aromatic heterocycles. The van der Waals surface area contributed by atoms with E-state index in [2.05, 4.69) is 26.4 Å². The third-order valence-corrected chi connectivity index (χ3v) is 4.95. The molecule has 1 amide bonds. The van der Waals surface area contributed by atoms with Crippen LogP contribution in [0.1, 0.15) is 17.5 Å². The number of nitrogens with zero attached hydrogens (tertiary/aromatic N) is 4. The lowest BCUT2D eigenvalue weighted by atomic mass is 10.1. The van der Waals surface area contributed by atoms with Crippen molar-refractivity contribution in [1.29, 1.82) is 0 Å². The minimum atomic E-state index is 0.0717. The number of carbonyl (C=O) groups excluding carboxylic acids is 1. The molecular formula is C20H23N5O. The van der Waals surface area contributed by atoms with E-state index in [1.54, 1.807) is 0 Å². The van der Waals surface area contributed by atoms with Gasteiger partial charge in [-0.05, 0) is 42.7 Å². The van der Waals surface area contributed by atoms with Crippen LogP contribution in [0.3, 0.4) is 0 Å². The number of amides is 1. The number of carbonyl (C=O) groups is 1. The summed E-state index contributed by atoms with van der Waals surface area (Å²) in [5.74, 6) is 0.0717. The molecule has 1 N–H and O–H groups in total. The molecule has 6 nitrogen and oxygen atoms in total. The molecule has 0 unspecified atom stereocenters. The fraction of sp³-hybridized carbons (Fsp3) is 0.350. The van der Waals surface area contributed by atoms with Crippen molar-refractivity contribution in [3.05, 3.63) is 54.0 Å². The summed E-state index contributed by atoms with van der Waals surface area (Å²) >= 11 is 0. The van der Waals surface area contributed by atoms with Crippen LogP contribution in [0.4, 0.5) is 5.69 Å². The van der Waals surface area contributed by atoms with Crippen molar-refractivity contribution in [2.45, 2.75) is 25.8 Å². The Hall–Kier alpha value is -2.89. The van der Waals surface area contributed by atoms with E-state index in [9.17, 15) is 4.79 Å². The standard InChI is InChI=1S/C20H23N5O/c1-14-7-18(12-21-10-14)25-6-5-17(13-25)23-20(26)9-15-3-4-19-16(8-15)11-22-24(19)2/h3-4,7-8,10-12,17H,5-6,9,13H2,1-2H3,(H,23,26)/t17-/m1/s1. The molecule has 1 atom stereocenters. The summed E-state index contributed by atoms with van der Waals surface area (Å²) in [6, 6.07) is 8.39. The van der Waals surface area contributed by atoms with E-state index in [0.29, 0.717) is 6.42 Å². The highest BCUT2D eigenvalue weighted by Crippen LogP contribution is 2.20. The number of pyridine rings is 1. The molecule has 0 saturated carbocycles. The van der Waals surface area contributed by atoms with Crippen LogP contribution in [-0.2, 0) is 18.3 Å². The highest BCUT2D eigenvalue weighted by Gasteiger charge is 2.24. The largest absolute Gasteiger partial charge is 0.368 e. The molecule has 26 heavy (non-hydrogen) atoms. The number of nitrogens with one attached hydrogen (secondary N) is 1. The summed E-state index contributed by atoms with van der Waals surface area (Å²) in [4.78, 5) is 19.0. The van der Waals surface area contributed by atoms with Gasteiger partial charge in [0.1, 0.15) is 0 Å². The molecule has 1 aliphatic rings. The van der Waals surface area contributed by atoms with E-state index in [-0.39, 0.29) is 11.9 Å². The van der Waals surface area contributed by atoms with Gasteiger partial charge in [-0.15, -0.1) is 0 Å². The minimum absolute atomic E-state index is 0.0717. The van der Waals surface area contributed by atoms with Crippen LogP contribution >= 0.6 is 0 Å². The lowest BCUT2D eigenvalue weighted by Crippen LogP contribution is -2.38. The number of rotatable bonds is 4. The van der Waals surface area contributed by atoms with E-state index >= 15 is 0 Å². The van der Waals surface area contributed by atoms with Crippen molar-refractivity contribution in [2.24, 2.45) is 7.05 Å². The van der Waals surface area contributed by atoms with Crippen LogP contribution < -0.4 is 10.2 Å². The number of fused-ring (bicyclic) bond motifs is 1. The number of anilines is 1. The Kier molecular flexibility index (Phi) is 4.32. The molecule has 3 aromatic rings. The molecule has 1 fully saturated rings. The molecular weight excluding hydrogens is 326 g/mol. The van der Waals surface area contributed by atoms with Crippen molar-refractivity contribution in [3.8, 4) is 0 Å². The average Bonchev–Trinajstić information content (AvgIpc) is 3.22. The highest BCUT2D eigenvalue weighted by atomic mass is 16.1. The first kappa shape index (κ1) is 16.6. The van der Waals surface area contributed by atoms with Crippen molar-refractivity contribution in [2.75, 3.05) is 18.0 Å². The second-order valence-corrected chi connectivity index (χ2v) is 7.06. The Morgan fingerprint density at radius 3 is 3.00 bits per heavy atom. The van der Waals surface area contributed by atoms with E-state index in [1.165, 1.54) is 0 Å². The van der Waals surface area contributed by atoms with Crippen LogP contribution in [0.25, 0.3) is 10.9 Å². The van der Waals surface area contributed by atoms with Crippen molar-refractivity contribution in [1.82, 2.24) is 20.1 Å². The molecule has 1 saturated heterocycles. The molecule has 3 heterocycles. The maximum Gasteiger partial charge on any atom is 0.224 e. The monoisotopic (exact) mass is 349 g/mol. The van der Waals surface area contributed by atoms with Gasteiger partial charge in [-0.25, -0.2) is 0 Å². The highest BCUT2D eigenvalue weighted by molar-refractivity contribution is 5.83. The van der Waals surface area contributed by atoms with Gasteiger partial charge in [-0.3, -0.25) is 14.5 Å². The van der Waals surface area contributed by atoms with E-state index < -0.39 is 0 Å². The van der Waals surface area contributed by atoms with Gasteiger partial charge < -0.3 is 10.2 Å². The Labute approximate surface area is 152 Å². The quantitative estimate of drug-likeness (QED) is 0.784. The molecule has 1 aliphatic heterocycles. The predicted molar refractivity (Wildman–Crippen MR) is 102 cm³/mol. The summed E-state index contributed by atoms with van der Waals surface area (Å²) < 4.78 is 1.84. The van der Waals surface area contributed by atoms with Crippen molar-refractivity contribution in [3.63, 3.8) is 0 Å². The van der Waals surface area contributed by atoms with Gasteiger partial charge in [0.15, 0.2) is 0 Å². The van der Waals surface area contributed by atoms with Gasteiger partial charge >= 0.3 is 0 Å². The number of aryl methyl sites for hydroxylation is 2. The molecule has 0 spiro atoms. The van der Waals surface area contributed by atoms with Crippen molar-refractivity contribution < 1.29 is 4.79 Å². The zero-order valence-electron chi connectivity index (χ0n) is 15.1. The van der Waals surface area contributed by atoms with Crippen LogP contribution in [0.15, 0.2) is 42.9 Å². The van der Waals surface area contributed by atoms with E-state index in [0.717, 1.165) is 47.2 Å². The maximum absolute atomic E-state index is 12.4. The fourth-order valence-electron chi connectivity index (χ4n) is 3.61. The van der Waals surface area contributed by atoms with Gasteiger partial charge in [0.2, 0.25) is 5.91 Å². The van der Waals surface area contributed by atoms with Crippen LogP contribution in [-0.4, -0.2) is 39.8 Å². The first-order valence-electron chi connectivity index (χ1n) is 8.95. The first-order valence-corrected chi connectivity index (χ1v) is 8.95. The average molecular weight is 349 g/mol. The number of hydrogen-bond acceptors (Lipinski definition) is 4. The Morgan fingerprint density at radius 1 is 1.27 bits per heavy atom. The van der Waals surface area contributed by atoms with Gasteiger partial charge in [0.25, 0.3) is 0 Å². The van der Waals surface area contributed by atoms with E-state index in [1.807, 2.05) is 55.4 Å². The zero-order valence-corrected chi connectivity index (χ0v) is 15.1. The first-order chi connectivity index (χ1) is 12.6. The summed E-state index contributed by atoms with van der Waals surface area (Å²) in [6.45, 7) is 3.82. The molecule has 0 bridgehead atoms.